The molecule has 0 radical (unpaired) electrons. The second-order valence-electron chi connectivity index (χ2n) is 6.70. The van der Waals surface area contributed by atoms with Gasteiger partial charge in [0.2, 0.25) is 5.91 Å². The van der Waals surface area contributed by atoms with E-state index in [4.69, 9.17) is 10.00 Å². The highest BCUT2D eigenvalue weighted by molar-refractivity contribution is 5.88. The molecule has 0 spiro atoms. The van der Waals surface area contributed by atoms with E-state index < -0.39 is 0 Å². The van der Waals surface area contributed by atoms with E-state index in [0.29, 0.717) is 12.1 Å². The van der Waals surface area contributed by atoms with Gasteiger partial charge < -0.3 is 9.64 Å². The number of ether oxygens (including phenoxy) is 1. The van der Waals surface area contributed by atoms with Gasteiger partial charge >= 0.3 is 0 Å². The summed E-state index contributed by atoms with van der Waals surface area (Å²) >= 11 is 0. The van der Waals surface area contributed by atoms with Gasteiger partial charge in [0, 0.05) is 13.6 Å². The number of methoxy groups -OCH3 is 1. The number of fused-ring (bicyclic) bond motifs is 1. The van der Waals surface area contributed by atoms with Crippen LogP contribution >= 0.6 is 0 Å². The summed E-state index contributed by atoms with van der Waals surface area (Å²) in [4.78, 5) is 14.6. The summed E-state index contributed by atoms with van der Waals surface area (Å²) in [5.74, 6) is 0.615. The summed E-state index contributed by atoms with van der Waals surface area (Å²) < 4.78 is 5.26. The van der Waals surface area contributed by atoms with E-state index in [1.54, 1.807) is 25.1 Å². The van der Waals surface area contributed by atoms with E-state index in [2.05, 4.69) is 12.1 Å². The third-order valence-corrected chi connectivity index (χ3v) is 4.79. The van der Waals surface area contributed by atoms with Crippen molar-refractivity contribution in [2.45, 2.75) is 19.4 Å². The Morgan fingerprint density at radius 3 is 2.59 bits per heavy atom. The first kappa shape index (κ1) is 18.5. The number of carbonyl (C=O) groups excluding carboxylic acids is 1. The molecule has 0 saturated heterocycles. The number of hydrogen-bond acceptors (Lipinski definition) is 3. The molecule has 0 bridgehead atoms. The monoisotopic (exact) mass is 358 g/mol. The van der Waals surface area contributed by atoms with Crippen LogP contribution in [0.2, 0.25) is 0 Å². The first-order valence-electron chi connectivity index (χ1n) is 8.83. The lowest BCUT2D eigenvalue weighted by atomic mass is 9.96. The number of likely N-dealkylation sites (N-methyl/N-ethyl adjacent to an activating group) is 1. The number of amides is 1. The summed E-state index contributed by atoms with van der Waals surface area (Å²) in [6.45, 7) is 2.40. The molecule has 0 heterocycles. The summed E-state index contributed by atoms with van der Waals surface area (Å²) in [5.41, 5.74) is 2.53. The molecule has 0 aliphatic carbocycles. The SMILES string of the molecule is COc1ccc2cc(C(C)C(=O)N(C)Cc3cccc(C#N)c3)ccc2c1. The van der Waals surface area contributed by atoms with Crippen LogP contribution in [-0.4, -0.2) is 25.0 Å². The molecular formula is C23H22N2O2. The predicted molar refractivity (Wildman–Crippen MR) is 107 cm³/mol. The highest BCUT2D eigenvalue weighted by Gasteiger charge is 2.20. The summed E-state index contributed by atoms with van der Waals surface area (Å²) in [6.07, 6.45) is 0. The van der Waals surface area contributed by atoms with Crippen molar-refractivity contribution < 1.29 is 9.53 Å². The number of nitrogens with zero attached hydrogens (tertiary/aromatic N) is 2. The second-order valence-corrected chi connectivity index (χ2v) is 6.70. The zero-order chi connectivity index (χ0) is 19.4. The summed E-state index contributed by atoms with van der Waals surface area (Å²) in [7, 11) is 3.45. The van der Waals surface area contributed by atoms with Crippen molar-refractivity contribution in [3.8, 4) is 11.8 Å². The lowest BCUT2D eigenvalue weighted by molar-refractivity contribution is -0.131. The largest absolute Gasteiger partial charge is 0.497 e. The van der Waals surface area contributed by atoms with Gasteiger partial charge in [-0.25, -0.2) is 0 Å². The van der Waals surface area contributed by atoms with Crippen LogP contribution in [0.25, 0.3) is 10.8 Å². The van der Waals surface area contributed by atoms with Crippen molar-refractivity contribution in [1.82, 2.24) is 4.90 Å². The maximum Gasteiger partial charge on any atom is 0.229 e. The zero-order valence-electron chi connectivity index (χ0n) is 15.8. The predicted octanol–water partition coefficient (Wildman–Crippen LogP) is 4.48. The minimum atomic E-state index is -0.249. The Kier molecular flexibility index (Phi) is 5.42. The quantitative estimate of drug-likeness (QED) is 0.675. The molecule has 0 aromatic heterocycles. The van der Waals surface area contributed by atoms with Crippen molar-refractivity contribution >= 4 is 16.7 Å². The van der Waals surface area contributed by atoms with Crippen LogP contribution in [0.15, 0.2) is 60.7 Å². The Morgan fingerprint density at radius 2 is 1.85 bits per heavy atom. The smallest absolute Gasteiger partial charge is 0.229 e. The molecule has 136 valence electrons. The molecule has 0 aliphatic rings. The molecule has 0 fully saturated rings. The van der Waals surface area contributed by atoms with E-state index in [1.807, 2.05) is 55.5 Å². The van der Waals surface area contributed by atoms with Crippen molar-refractivity contribution in [2.75, 3.05) is 14.2 Å². The van der Waals surface area contributed by atoms with Crippen LogP contribution in [0.1, 0.15) is 29.5 Å². The van der Waals surface area contributed by atoms with Crippen molar-refractivity contribution in [1.29, 1.82) is 5.26 Å². The lowest BCUT2D eigenvalue weighted by Crippen LogP contribution is -2.30. The minimum Gasteiger partial charge on any atom is -0.497 e. The maximum absolute atomic E-state index is 12.9. The molecule has 3 aromatic carbocycles. The number of nitriles is 1. The van der Waals surface area contributed by atoms with E-state index in [-0.39, 0.29) is 11.8 Å². The molecule has 1 amide bonds. The van der Waals surface area contributed by atoms with E-state index in [0.717, 1.165) is 27.6 Å². The van der Waals surface area contributed by atoms with Gasteiger partial charge in [-0.3, -0.25) is 4.79 Å². The van der Waals surface area contributed by atoms with E-state index in [1.165, 1.54) is 0 Å². The van der Waals surface area contributed by atoms with Gasteiger partial charge in [-0.05, 0) is 53.1 Å². The second kappa shape index (κ2) is 7.92. The Bertz CT molecular complexity index is 1020. The molecule has 0 aliphatic heterocycles. The first-order valence-corrected chi connectivity index (χ1v) is 8.83. The highest BCUT2D eigenvalue weighted by Crippen LogP contribution is 2.26. The molecule has 1 atom stereocenters. The molecular weight excluding hydrogens is 336 g/mol. The number of benzene rings is 3. The van der Waals surface area contributed by atoms with Crippen LogP contribution in [0.4, 0.5) is 0 Å². The topological polar surface area (TPSA) is 53.3 Å². The van der Waals surface area contributed by atoms with Gasteiger partial charge in [0.05, 0.1) is 24.7 Å². The van der Waals surface area contributed by atoms with Crippen molar-refractivity contribution in [2.24, 2.45) is 0 Å². The fraction of sp³-hybridized carbons (Fsp3) is 0.217. The van der Waals surface area contributed by atoms with Crippen LogP contribution in [-0.2, 0) is 11.3 Å². The normalized spacial score (nSPS) is 11.6. The first-order chi connectivity index (χ1) is 13.0. The number of carbonyl (C=O) groups is 1. The molecule has 1 unspecified atom stereocenters. The Labute approximate surface area is 159 Å². The third-order valence-electron chi connectivity index (χ3n) is 4.79. The van der Waals surface area contributed by atoms with Gasteiger partial charge in [-0.15, -0.1) is 0 Å². The fourth-order valence-electron chi connectivity index (χ4n) is 3.20. The van der Waals surface area contributed by atoms with E-state index in [9.17, 15) is 4.79 Å². The summed E-state index contributed by atoms with van der Waals surface area (Å²) in [5, 5.41) is 11.2. The van der Waals surface area contributed by atoms with Crippen molar-refractivity contribution in [3.63, 3.8) is 0 Å². The highest BCUT2D eigenvalue weighted by atomic mass is 16.5. The lowest BCUT2D eigenvalue weighted by Gasteiger charge is -2.22. The number of hydrogen-bond donors (Lipinski definition) is 0. The standard InChI is InChI=1S/C23H22N2O2/c1-16(19-7-8-21-13-22(27-3)10-9-20(21)12-19)23(26)25(2)15-18-6-4-5-17(11-18)14-24/h4-13,16H,15H2,1-3H3. The molecule has 4 nitrogen and oxygen atoms in total. The molecule has 0 N–H and O–H groups in total. The van der Waals surface area contributed by atoms with Gasteiger partial charge in [0.1, 0.15) is 5.75 Å². The van der Waals surface area contributed by atoms with Gasteiger partial charge in [-0.2, -0.15) is 5.26 Å². The average Bonchev–Trinajstić information content (AvgIpc) is 2.71. The minimum absolute atomic E-state index is 0.0465. The fourth-order valence-corrected chi connectivity index (χ4v) is 3.20. The van der Waals surface area contributed by atoms with Gasteiger partial charge in [0.25, 0.3) is 0 Å². The molecule has 4 heteroatoms. The molecule has 27 heavy (non-hydrogen) atoms. The number of rotatable bonds is 5. The third kappa shape index (κ3) is 4.09. The van der Waals surface area contributed by atoms with Crippen LogP contribution in [0.5, 0.6) is 5.75 Å². The Morgan fingerprint density at radius 1 is 1.11 bits per heavy atom. The zero-order valence-corrected chi connectivity index (χ0v) is 15.8. The Balaban J connectivity index is 1.77. The average molecular weight is 358 g/mol. The molecule has 0 saturated carbocycles. The Hall–Kier alpha value is -3.32. The molecule has 3 rings (SSSR count). The van der Waals surface area contributed by atoms with E-state index >= 15 is 0 Å². The molecule has 3 aromatic rings. The summed E-state index contributed by atoms with van der Waals surface area (Å²) in [6, 6.07) is 21.5. The van der Waals surface area contributed by atoms with Crippen molar-refractivity contribution in [3.05, 3.63) is 77.4 Å². The van der Waals surface area contributed by atoms with Crippen LogP contribution in [0.3, 0.4) is 0 Å². The van der Waals surface area contributed by atoms with Gasteiger partial charge in [-0.1, -0.05) is 36.4 Å². The maximum atomic E-state index is 12.9. The van der Waals surface area contributed by atoms with Gasteiger partial charge in [0.15, 0.2) is 0 Å². The van der Waals surface area contributed by atoms with Crippen LogP contribution < -0.4 is 4.74 Å². The van der Waals surface area contributed by atoms with Crippen LogP contribution in [0, 0.1) is 11.3 Å².